The van der Waals surface area contributed by atoms with Crippen molar-refractivity contribution in [2.75, 3.05) is 20.2 Å². The van der Waals surface area contributed by atoms with Crippen LogP contribution in [0.2, 0.25) is 0 Å². The van der Waals surface area contributed by atoms with Crippen molar-refractivity contribution >= 4 is 21.9 Å². The first-order chi connectivity index (χ1) is 11.1. The van der Waals surface area contributed by atoms with Gasteiger partial charge in [0.1, 0.15) is 17.2 Å². The van der Waals surface area contributed by atoms with Crippen molar-refractivity contribution < 1.29 is 27.9 Å². The standard InChI is InChI=1S/C15H22N2O6S/c1-5-17(9-14(18)19)15(20)11-6-7-12(23-4)13(8-11)24(21,22)16-10(2)3/h6-8,10,16H,5,9H2,1-4H3,(H,18,19). The second-order valence-electron chi connectivity index (χ2n) is 5.35. The number of benzene rings is 1. The van der Waals surface area contributed by atoms with Crippen molar-refractivity contribution in [3.63, 3.8) is 0 Å². The number of carbonyl (C=O) groups is 2. The molecule has 0 aliphatic heterocycles. The minimum atomic E-state index is -3.88. The lowest BCUT2D eigenvalue weighted by Gasteiger charge is -2.19. The third kappa shape index (κ3) is 4.93. The molecule has 0 heterocycles. The molecule has 0 unspecified atom stereocenters. The van der Waals surface area contributed by atoms with E-state index >= 15 is 0 Å². The number of aliphatic carboxylic acids is 1. The fourth-order valence-corrected chi connectivity index (χ4v) is 3.51. The molecule has 0 spiro atoms. The number of carbonyl (C=O) groups excluding carboxylic acids is 1. The Morgan fingerprint density at radius 1 is 1.33 bits per heavy atom. The Hall–Kier alpha value is -2.13. The van der Waals surface area contributed by atoms with E-state index in [4.69, 9.17) is 9.84 Å². The summed E-state index contributed by atoms with van der Waals surface area (Å²) < 4.78 is 32.3. The van der Waals surface area contributed by atoms with Crippen molar-refractivity contribution in [3.8, 4) is 5.75 Å². The van der Waals surface area contributed by atoms with E-state index in [0.717, 1.165) is 4.90 Å². The summed E-state index contributed by atoms with van der Waals surface area (Å²) in [6, 6.07) is 3.63. The zero-order valence-corrected chi connectivity index (χ0v) is 14.9. The van der Waals surface area contributed by atoms with Crippen molar-refractivity contribution in [2.45, 2.75) is 31.7 Å². The summed E-state index contributed by atoms with van der Waals surface area (Å²) in [4.78, 5) is 24.2. The van der Waals surface area contributed by atoms with Gasteiger partial charge in [-0.25, -0.2) is 13.1 Å². The van der Waals surface area contributed by atoms with Gasteiger partial charge in [0.15, 0.2) is 0 Å². The molecule has 0 atom stereocenters. The van der Waals surface area contributed by atoms with E-state index in [2.05, 4.69) is 4.72 Å². The van der Waals surface area contributed by atoms with Crippen LogP contribution in [0.15, 0.2) is 23.1 Å². The monoisotopic (exact) mass is 358 g/mol. The number of likely N-dealkylation sites (N-methyl/N-ethyl adjacent to an activating group) is 1. The molecule has 1 amide bonds. The predicted molar refractivity (Wildman–Crippen MR) is 87.7 cm³/mol. The maximum Gasteiger partial charge on any atom is 0.323 e. The third-order valence-electron chi connectivity index (χ3n) is 3.09. The summed E-state index contributed by atoms with van der Waals surface area (Å²) in [6.45, 7) is 4.70. The van der Waals surface area contributed by atoms with E-state index in [0.29, 0.717) is 0 Å². The SMILES string of the molecule is CCN(CC(=O)O)C(=O)c1ccc(OC)c(S(=O)(=O)NC(C)C)c1. The average molecular weight is 358 g/mol. The first-order valence-electron chi connectivity index (χ1n) is 7.33. The van der Waals surface area contributed by atoms with Crippen molar-refractivity contribution in [2.24, 2.45) is 0 Å². The molecule has 0 radical (unpaired) electrons. The van der Waals surface area contributed by atoms with Crippen LogP contribution in [0.3, 0.4) is 0 Å². The Morgan fingerprint density at radius 3 is 2.42 bits per heavy atom. The lowest BCUT2D eigenvalue weighted by molar-refractivity contribution is -0.137. The number of amides is 1. The molecule has 24 heavy (non-hydrogen) atoms. The van der Waals surface area contributed by atoms with Crippen LogP contribution < -0.4 is 9.46 Å². The average Bonchev–Trinajstić information content (AvgIpc) is 2.49. The van der Waals surface area contributed by atoms with E-state index < -0.39 is 28.4 Å². The van der Waals surface area contributed by atoms with Crippen molar-refractivity contribution in [1.82, 2.24) is 9.62 Å². The zero-order valence-electron chi connectivity index (χ0n) is 14.1. The molecule has 134 valence electrons. The van der Waals surface area contributed by atoms with Crippen molar-refractivity contribution in [3.05, 3.63) is 23.8 Å². The van der Waals surface area contributed by atoms with Gasteiger partial charge in [0.05, 0.1) is 7.11 Å². The molecule has 0 saturated carbocycles. The van der Waals surface area contributed by atoms with Gasteiger partial charge in [0.25, 0.3) is 5.91 Å². The Balaban J connectivity index is 3.31. The number of carboxylic acid groups (broad SMARTS) is 1. The van der Waals surface area contributed by atoms with Crippen LogP contribution in [-0.2, 0) is 14.8 Å². The van der Waals surface area contributed by atoms with Gasteiger partial charge in [-0.05, 0) is 39.0 Å². The Labute approximate surface area is 141 Å². The van der Waals surface area contributed by atoms with E-state index in [-0.39, 0.29) is 28.8 Å². The molecule has 0 saturated heterocycles. The van der Waals surface area contributed by atoms with Crippen LogP contribution in [-0.4, -0.2) is 56.5 Å². The summed E-state index contributed by atoms with van der Waals surface area (Å²) in [6.07, 6.45) is 0. The van der Waals surface area contributed by atoms with Gasteiger partial charge in [-0.2, -0.15) is 0 Å². The number of methoxy groups -OCH3 is 1. The van der Waals surface area contributed by atoms with Crippen LogP contribution in [0.1, 0.15) is 31.1 Å². The van der Waals surface area contributed by atoms with Gasteiger partial charge in [-0.1, -0.05) is 0 Å². The normalized spacial score (nSPS) is 11.4. The molecule has 0 aromatic heterocycles. The van der Waals surface area contributed by atoms with Gasteiger partial charge < -0.3 is 14.7 Å². The van der Waals surface area contributed by atoms with Crippen molar-refractivity contribution in [1.29, 1.82) is 0 Å². The molecule has 2 N–H and O–H groups in total. The van der Waals surface area contributed by atoms with Gasteiger partial charge in [-0.15, -0.1) is 0 Å². The number of sulfonamides is 1. The van der Waals surface area contributed by atoms with E-state index in [1.54, 1.807) is 20.8 Å². The number of hydrogen-bond acceptors (Lipinski definition) is 5. The summed E-state index contributed by atoms with van der Waals surface area (Å²) in [5.41, 5.74) is 0.0723. The molecule has 8 nitrogen and oxygen atoms in total. The number of hydrogen-bond donors (Lipinski definition) is 2. The second kappa shape index (κ2) is 8.11. The van der Waals surface area contributed by atoms with Crippen LogP contribution >= 0.6 is 0 Å². The Bertz CT molecular complexity index is 715. The number of ether oxygens (including phenoxy) is 1. The molecule has 0 fully saturated rings. The van der Waals surface area contributed by atoms with Crippen LogP contribution in [0.5, 0.6) is 5.75 Å². The van der Waals surface area contributed by atoms with Crippen LogP contribution in [0.4, 0.5) is 0 Å². The van der Waals surface area contributed by atoms with Gasteiger partial charge >= 0.3 is 5.97 Å². The molecule has 0 aliphatic rings. The molecule has 1 rings (SSSR count). The quantitative estimate of drug-likeness (QED) is 0.715. The highest BCUT2D eigenvalue weighted by Crippen LogP contribution is 2.25. The largest absolute Gasteiger partial charge is 0.495 e. The first-order valence-corrected chi connectivity index (χ1v) is 8.82. The molecule has 0 bridgehead atoms. The highest BCUT2D eigenvalue weighted by atomic mass is 32.2. The molecule has 1 aromatic carbocycles. The third-order valence-corrected chi connectivity index (χ3v) is 4.77. The fourth-order valence-electron chi connectivity index (χ4n) is 2.07. The topological polar surface area (TPSA) is 113 Å². The Morgan fingerprint density at radius 2 is 1.96 bits per heavy atom. The Kier molecular flexibility index (Phi) is 6.73. The number of nitrogens with one attached hydrogen (secondary N) is 1. The smallest absolute Gasteiger partial charge is 0.323 e. The van der Waals surface area contributed by atoms with E-state index in [1.165, 1.54) is 25.3 Å². The lowest BCUT2D eigenvalue weighted by atomic mass is 10.2. The number of nitrogens with zero attached hydrogens (tertiary/aromatic N) is 1. The minimum absolute atomic E-state index is 0.0723. The predicted octanol–water partition coefficient (Wildman–Crippen LogP) is 0.929. The summed E-state index contributed by atoms with van der Waals surface area (Å²) >= 11 is 0. The highest BCUT2D eigenvalue weighted by Gasteiger charge is 2.24. The summed E-state index contributed by atoms with van der Waals surface area (Å²) in [5, 5.41) is 8.86. The number of carboxylic acids is 1. The number of rotatable bonds is 8. The maximum absolute atomic E-state index is 12.4. The fraction of sp³-hybridized carbons (Fsp3) is 0.467. The molecule has 0 aliphatic carbocycles. The maximum atomic E-state index is 12.4. The van der Waals surface area contributed by atoms with Crippen LogP contribution in [0, 0.1) is 0 Å². The lowest BCUT2D eigenvalue weighted by Crippen LogP contribution is -2.35. The summed E-state index contributed by atoms with van der Waals surface area (Å²) in [7, 11) is -2.55. The minimum Gasteiger partial charge on any atom is -0.495 e. The molecular formula is C15H22N2O6S. The molecule has 1 aromatic rings. The van der Waals surface area contributed by atoms with E-state index in [1.807, 2.05) is 0 Å². The zero-order chi connectivity index (χ0) is 18.5. The van der Waals surface area contributed by atoms with E-state index in [9.17, 15) is 18.0 Å². The molecule has 9 heteroatoms. The highest BCUT2D eigenvalue weighted by molar-refractivity contribution is 7.89. The van der Waals surface area contributed by atoms with Crippen LogP contribution in [0.25, 0.3) is 0 Å². The molecular weight excluding hydrogens is 336 g/mol. The second-order valence-corrected chi connectivity index (χ2v) is 7.04. The van der Waals surface area contributed by atoms with Gasteiger partial charge in [0.2, 0.25) is 10.0 Å². The van der Waals surface area contributed by atoms with Gasteiger partial charge in [0, 0.05) is 18.2 Å². The summed E-state index contributed by atoms with van der Waals surface area (Å²) in [5.74, 6) is -1.61. The first kappa shape index (κ1) is 19.9. The van der Waals surface area contributed by atoms with Gasteiger partial charge in [-0.3, -0.25) is 9.59 Å².